The number of methoxy groups -OCH3 is 1. The van der Waals surface area contributed by atoms with Crippen LogP contribution in [0.1, 0.15) is 31.1 Å². The van der Waals surface area contributed by atoms with Crippen molar-refractivity contribution in [1.82, 2.24) is 0 Å². The Kier molecular flexibility index (Phi) is 4.13. The minimum atomic E-state index is -0.496. The average Bonchev–Trinajstić information content (AvgIpc) is 2.57. The summed E-state index contributed by atoms with van der Waals surface area (Å²) in [5, 5.41) is 19.7. The van der Waals surface area contributed by atoms with Crippen molar-refractivity contribution in [3.05, 3.63) is 41.5 Å². The highest BCUT2D eigenvalue weighted by Gasteiger charge is 2.33. The highest BCUT2D eigenvalue weighted by atomic mass is 16.6. The summed E-state index contributed by atoms with van der Waals surface area (Å²) in [4.78, 5) is 0. The Morgan fingerprint density at radius 1 is 1.08 bits per heavy atom. The van der Waals surface area contributed by atoms with E-state index in [1.165, 1.54) is 13.2 Å². The van der Waals surface area contributed by atoms with Crippen molar-refractivity contribution in [2.24, 2.45) is 0 Å². The van der Waals surface area contributed by atoms with E-state index in [2.05, 4.69) is 11.8 Å². The van der Waals surface area contributed by atoms with Crippen LogP contribution in [-0.2, 0) is 0 Å². The number of ether oxygens (including phenoxy) is 3. The van der Waals surface area contributed by atoms with Gasteiger partial charge in [0.1, 0.15) is 6.10 Å². The zero-order chi connectivity index (χ0) is 17.3. The van der Waals surface area contributed by atoms with Gasteiger partial charge in [0.05, 0.1) is 7.11 Å². The minimum absolute atomic E-state index is 0.170. The van der Waals surface area contributed by atoms with Gasteiger partial charge >= 0.3 is 0 Å². The van der Waals surface area contributed by atoms with Gasteiger partial charge < -0.3 is 24.4 Å². The SMILES string of the molecule is CC#Cc1ccc2c(c1)OC(c1ccc(O)c(O)c1OC)C(C)O2. The number of rotatable bonds is 2. The molecule has 0 saturated heterocycles. The first kappa shape index (κ1) is 15.9. The van der Waals surface area contributed by atoms with E-state index in [1.807, 2.05) is 25.1 Å². The van der Waals surface area contributed by atoms with Crippen LogP contribution in [0.5, 0.6) is 28.7 Å². The summed E-state index contributed by atoms with van der Waals surface area (Å²) < 4.78 is 17.3. The van der Waals surface area contributed by atoms with E-state index in [0.29, 0.717) is 17.1 Å². The molecule has 1 aliphatic heterocycles. The highest BCUT2D eigenvalue weighted by molar-refractivity contribution is 5.56. The van der Waals surface area contributed by atoms with Crippen LogP contribution in [0.2, 0.25) is 0 Å². The lowest BCUT2D eigenvalue weighted by molar-refractivity contribution is 0.0290. The first-order valence-electron chi connectivity index (χ1n) is 7.54. The van der Waals surface area contributed by atoms with Crippen molar-refractivity contribution < 1.29 is 24.4 Å². The standard InChI is InChI=1S/C19H18O5/c1-4-5-12-6-9-15-16(10-12)24-18(11(2)23-15)13-7-8-14(20)17(21)19(13)22-3/h6-11,18,20-21H,1-3H3. The topological polar surface area (TPSA) is 68.2 Å². The molecule has 2 aromatic carbocycles. The van der Waals surface area contributed by atoms with E-state index in [0.717, 1.165) is 5.56 Å². The van der Waals surface area contributed by atoms with Crippen LogP contribution < -0.4 is 14.2 Å². The molecule has 2 N–H and O–H groups in total. The third-order valence-electron chi connectivity index (χ3n) is 3.86. The predicted molar refractivity (Wildman–Crippen MR) is 88.8 cm³/mol. The first-order valence-corrected chi connectivity index (χ1v) is 7.54. The average molecular weight is 326 g/mol. The second kappa shape index (κ2) is 6.25. The summed E-state index contributed by atoms with van der Waals surface area (Å²) in [7, 11) is 1.43. The fourth-order valence-corrected chi connectivity index (χ4v) is 2.75. The second-order valence-electron chi connectivity index (χ2n) is 5.45. The minimum Gasteiger partial charge on any atom is -0.504 e. The van der Waals surface area contributed by atoms with Gasteiger partial charge in [-0.2, -0.15) is 0 Å². The summed E-state index contributed by atoms with van der Waals surface area (Å²) in [6, 6.07) is 8.57. The molecule has 1 heterocycles. The Bertz CT molecular complexity index is 832. The number of fused-ring (bicyclic) bond motifs is 1. The van der Waals surface area contributed by atoms with E-state index >= 15 is 0 Å². The van der Waals surface area contributed by atoms with Gasteiger partial charge in [-0.3, -0.25) is 0 Å². The molecule has 2 atom stereocenters. The Labute approximate surface area is 140 Å². The number of phenolic OH excluding ortho intramolecular Hbond substituents is 2. The summed E-state index contributed by atoms with van der Waals surface area (Å²) in [6.07, 6.45) is -0.803. The number of phenols is 2. The molecule has 0 spiro atoms. The molecule has 0 bridgehead atoms. The molecule has 0 amide bonds. The highest BCUT2D eigenvalue weighted by Crippen LogP contribution is 2.46. The lowest BCUT2D eigenvalue weighted by atomic mass is 10.0. The Balaban J connectivity index is 2.03. The maximum atomic E-state index is 10.0. The third kappa shape index (κ3) is 2.67. The second-order valence-corrected chi connectivity index (χ2v) is 5.45. The fourth-order valence-electron chi connectivity index (χ4n) is 2.75. The molecule has 2 unspecified atom stereocenters. The molecule has 24 heavy (non-hydrogen) atoms. The van der Waals surface area contributed by atoms with Crippen molar-refractivity contribution in [3.8, 4) is 40.6 Å². The van der Waals surface area contributed by atoms with E-state index < -0.39 is 6.10 Å². The summed E-state index contributed by atoms with van der Waals surface area (Å²) in [5.41, 5.74) is 1.42. The molecule has 5 nitrogen and oxygen atoms in total. The quantitative estimate of drug-likeness (QED) is 0.654. The molecule has 0 radical (unpaired) electrons. The molecular weight excluding hydrogens is 308 g/mol. The lowest BCUT2D eigenvalue weighted by Crippen LogP contribution is -2.30. The van der Waals surface area contributed by atoms with Crippen molar-refractivity contribution in [2.75, 3.05) is 7.11 Å². The summed E-state index contributed by atoms with van der Waals surface area (Å²) in [5.74, 6) is 6.65. The smallest absolute Gasteiger partial charge is 0.200 e. The van der Waals surface area contributed by atoms with Gasteiger partial charge in [0.2, 0.25) is 5.75 Å². The van der Waals surface area contributed by atoms with Crippen molar-refractivity contribution >= 4 is 0 Å². The molecule has 0 saturated carbocycles. The molecule has 0 aliphatic carbocycles. The van der Waals surface area contributed by atoms with Crippen molar-refractivity contribution in [2.45, 2.75) is 26.1 Å². The largest absolute Gasteiger partial charge is 0.504 e. The maximum absolute atomic E-state index is 10.0. The van der Waals surface area contributed by atoms with Crippen molar-refractivity contribution in [3.63, 3.8) is 0 Å². The number of hydrogen-bond donors (Lipinski definition) is 2. The van der Waals surface area contributed by atoms with Crippen LogP contribution in [0, 0.1) is 11.8 Å². The zero-order valence-corrected chi connectivity index (χ0v) is 13.7. The molecular formula is C19H18O5. The maximum Gasteiger partial charge on any atom is 0.200 e. The van der Waals surface area contributed by atoms with Crippen molar-refractivity contribution in [1.29, 1.82) is 0 Å². The summed E-state index contributed by atoms with van der Waals surface area (Å²) in [6.45, 7) is 3.64. The van der Waals surface area contributed by atoms with Crippen LogP contribution in [0.15, 0.2) is 30.3 Å². The predicted octanol–water partition coefficient (Wildman–Crippen LogP) is 3.38. The zero-order valence-electron chi connectivity index (χ0n) is 13.7. The normalized spacial score (nSPS) is 18.5. The fraction of sp³-hybridized carbons (Fsp3) is 0.263. The van der Waals surface area contributed by atoms with Gasteiger partial charge in [0.25, 0.3) is 0 Å². The van der Waals surface area contributed by atoms with Gasteiger partial charge in [-0.05, 0) is 44.2 Å². The molecule has 3 rings (SSSR count). The Morgan fingerprint density at radius 3 is 2.58 bits per heavy atom. The van der Waals surface area contributed by atoms with E-state index in [4.69, 9.17) is 14.2 Å². The molecule has 5 heteroatoms. The van der Waals surface area contributed by atoms with Crippen LogP contribution in [0.25, 0.3) is 0 Å². The number of hydrogen-bond acceptors (Lipinski definition) is 5. The number of benzene rings is 2. The van der Waals surface area contributed by atoms with Crippen LogP contribution >= 0.6 is 0 Å². The molecule has 0 fully saturated rings. The van der Waals surface area contributed by atoms with Crippen LogP contribution in [-0.4, -0.2) is 23.4 Å². The first-order chi connectivity index (χ1) is 11.5. The molecule has 2 aromatic rings. The van der Waals surface area contributed by atoms with Gasteiger partial charge in [-0.25, -0.2) is 0 Å². The van der Waals surface area contributed by atoms with Gasteiger partial charge in [-0.1, -0.05) is 5.92 Å². The lowest BCUT2D eigenvalue weighted by Gasteiger charge is -2.33. The Hall–Kier alpha value is -3.00. The molecule has 1 aliphatic rings. The third-order valence-corrected chi connectivity index (χ3v) is 3.86. The Morgan fingerprint density at radius 2 is 1.88 bits per heavy atom. The number of aromatic hydroxyl groups is 2. The van der Waals surface area contributed by atoms with Crippen LogP contribution in [0.3, 0.4) is 0 Å². The molecule has 124 valence electrons. The van der Waals surface area contributed by atoms with E-state index in [1.54, 1.807) is 13.0 Å². The van der Waals surface area contributed by atoms with Gasteiger partial charge in [-0.15, -0.1) is 5.92 Å². The van der Waals surface area contributed by atoms with Gasteiger partial charge in [0, 0.05) is 11.1 Å². The molecule has 0 aromatic heterocycles. The monoisotopic (exact) mass is 326 g/mol. The summed E-state index contributed by atoms with van der Waals surface area (Å²) >= 11 is 0. The van der Waals surface area contributed by atoms with Crippen LogP contribution in [0.4, 0.5) is 0 Å². The van der Waals surface area contributed by atoms with E-state index in [9.17, 15) is 10.2 Å². The van der Waals surface area contributed by atoms with E-state index in [-0.39, 0.29) is 23.4 Å². The van der Waals surface area contributed by atoms with Gasteiger partial charge in [0.15, 0.2) is 29.1 Å².